The van der Waals surface area contributed by atoms with E-state index in [1.807, 2.05) is 12.1 Å². The van der Waals surface area contributed by atoms with Gasteiger partial charge in [0.1, 0.15) is 11.5 Å². The molecule has 2 amide bonds. The van der Waals surface area contributed by atoms with E-state index in [9.17, 15) is 18.8 Å². The SMILES string of the molecule is CCOC(=O)[C@H](CNC(=O)CN)C[C@@H](Cc1ccc(-c2cc(Cl)ccc2F)cc1)NC(=O)c1cnn[nH]1. The van der Waals surface area contributed by atoms with Crippen LogP contribution in [0.3, 0.4) is 0 Å². The minimum Gasteiger partial charge on any atom is -0.466 e. The molecule has 0 aliphatic carbocycles. The molecule has 12 heteroatoms. The largest absolute Gasteiger partial charge is 0.466 e. The summed E-state index contributed by atoms with van der Waals surface area (Å²) < 4.78 is 19.5. The molecule has 0 saturated carbocycles. The Hall–Kier alpha value is -3.83. The third-order valence-corrected chi connectivity index (χ3v) is 5.83. The van der Waals surface area contributed by atoms with Crippen LogP contribution in [0.1, 0.15) is 29.4 Å². The van der Waals surface area contributed by atoms with E-state index < -0.39 is 35.6 Å². The first-order chi connectivity index (χ1) is 17.8. The normalized spacial score (nSPS) is 12.4. The van der Waals surface area contributed by atoms with Gasteiger partial charge in [0.15, 0.2) is 0 Å². The predicted octanol–water partition coefficient (Wildman–Crippen LogP) is 2.25. The molecule has 0 aliphatic rings. The van der Waals surface area contributed by atoms with Crippen molar-refractivity contribution < 1.29 is 23.5 Å². The first-order valence-electron chi connectivity index (χ1n) is 11.6. The Morgan fingerprint density at radius 3 is 2.59 bits per heavy atom. The number of nitrogens with zero attached hydrogens (tertiary/aromatic N) is 2. The van der Waals surface area contributed by atoms with Gasteiger partial charge < -0.3 is 21.1 Å². The van der Waals surface area contributed by atoms with Gasteiger partial charge >= 0.3 is 5.97 Å². The van der Waals surface area contributed by atoms with Crippen molar-refractivity contribution in [2.24, 2.45) is 11.7 Å². The number of esters is 1. The number of amides is 2. The van der Waals surface area contributed by atoms with Gasteiger partial charge in [-0.1, -0.05) is 41.1 Å². The Morgan fingerprint density at radius 1 is 1.19 bits per heavy atom. The minimum atomic E-state index is -0.736. The third kappa shape index (κ3) is 8.09. The number of nitrogens with one attached hydrogen (secondary N) is 3. The van der Waals surface area contributed by atoms with Crippen molar-refractivity contribution in [3.8, 4) is 11.1 Å². The minimum absolute atomic E-state index is 0.000167. The van der Waals surface area contributed by atoms with Gasteiger partial charge in [0.05, 0.1) is 25.3 Å². The summed E-state index contributed by atoms with van der Waals surface area (Å²) in [5.41, 5.74) is 7.35. The number of ether oxygens (including phenoxy) is 1. The van der Waals surface area contributed by atoms with Crippen LogP contribution < -0.4 is 16.4 Å². The molecule has 5 N–H and O–H groups in total. The van der Waals surface area contributed by atoms with E-state index in [4.69, 9.17) is 22.1 Å². The zero-order chi connectivity index (χ0) is 26.8. The molecule has 0 bridgehead atoms. The smallest absolute Gasteiger partial charge is 0.310 e. The van der Waals surface area contributed by atoms with Crippen LogP contribution in [0.25, 0.3) is 11.1 Å². The van der Waals surface area contributed by atoms with Crippen LogP contribution in [0.2, 0.25) is 5.02 Å². The number of carbonyl (C=O) groups is 3. The second kappa shape index (κ2) is 13.5. The van der Waals surface area contributed by atoms with E-state index >= 15 is 0 Å². The average Bonchev–Trinajstić information content (AvgIpc) is 3.43. The molecule has 2 aromatic carbocycles. The molecule has 3 aromatic rings. The molecule has 0 aliphatic heterocycles. The van der Waals surface area contributed by atoms with Crippen LogP contribution in [0.5, 0.6) is 0 Å². The van der Waals surface area contributed by atoms with E-state index in [0.29, 0.717) is 22.6 Å². The molecule has 37 heavy (non-hydrogen) atoms. The Kier molecular flexibility index (Phi) is 10.1. The van der Waals surface area contributed by atoms with Gasteiger partial charge in [0.25, 0.3) is 5.91 Å². The van der Waals surface area contributed by atoms with Crippen LogP contribution >= 0.6 is 11.6 Å². The van der Waals surface area contributed by atoms with Crippen molar-refractivity contribution in [1.82, 2.24) is 26.0 Å². The molecule has 2 atom stereocenters. The highest BCUT2D eigenvalue weighted by atomic mass is 35.5. The summed E-state index contributed by atoms with van der Waals surface area (Å²) in [7, 11) is 0. The summed E-state index contributed by atoms with van der Waals surface area (Å²) in [6.45, 7) is 1.63. The number of halogens is 2. The molecular formula is C25H28ClFN6O4. The standard InChI is InChI=1S/C25H28ClFN6O4/c1-2-37-25(36)17(13-29-23(34)12-28)10-19(31-24(35)22-14-30-33-32-22)9-15-3-5-16(6-4-15)20-11-18(26)7-8-21(20)27/h3-8,11,14,17,19H,2,9-10,12-13,28H2,1H3,(H,29,34)(H,31,35)(H,30,32,33)/t17-,19+/m0/s1. The van der Waals surface area contributed by atoms with Gasteiger partial charge in [0, 0.05) is 23.2 Å². The maximum absolute atomic E-state index is 14.3. The Labute approximate surface area is 218 Å². The summed E-state index contributed by atoms with van der Waals surface area (Å²) in [5, 5.41) is 15.6. The molecule has 0 unspecified atom stereocenters. The van der Waals surface area contributed by atoms with E-state index in [1.165, 1.54) is 18.3 Å². The maximum Gasteiger partial charge on any atom is 0.310 e. The lowest BCUT2D eigenvalue weighted by Crippen LogP contribution is -2.43. The van der Waals surface area contributed by atoms with Gasteiger partial charge in [-0.05, 0) is 49.1 Å². The first-order valence-corrected chi connectivity index (χ1v) is 12.0. The van der Waals surface area contributed by atoms with Crippen molar-refractivity contribution in [3.05, 3.63) is 70.8 Å². The Morgan fingerprint density at radius 2 is 1.95 bits per heavy atom. The molecule has 0 saturated heterocycles. The second-order valence-corrected chi connectivity index (χ2v) is 8.69. The van der Waals surface area contributed by atoms with E-state index in [1.54, 1.807) is 25.1 Å². The summed E-state index contributed by atoms with van der Waals surface area (Å²) in [5.74, 6) is -2.51. The summed E-state index contributed by atoms with van der Waals surface area (Å²) in [6, 6.07) is 10.9. The fraction of sp³-hybridized carbons (Fsp3) is 0.320. The van der Waals surface area contributed by atoms with Gasteiger partial charge in [-0.25, -0.2) is 4.39 Å². The van der Waals surface area contributed by atoms with Crippen LogP contribution in [-0.2, 0) is 20.7 Å². The van der Waals surface area contributed by atoms with Crippen molar-refractivity contribution in [2.75, 3.05) is 19.7 Å². The highest BCUT2D eigenvalue weighted by Crippen LogP contribution is 2.27. The van der Waals surface area contributed by atoms with E-state index in [-0.39, 0.29) is 31.8 Å². The van der Waals surface area contributed by atoms with Crippen molar-refractivity contribution in [2.45, 2.75) is 25.8 Å². The number of hydrogen-bond donors (Lipinski definition) is 4. The summed E-state index contributed by atoms with van der Waals surface area (Å²) in [6.07, 6.45) is 1.79. The number of hydrogen-bond acceptors (Lipinski definition) is 7. The zero-order valence-corrected chi connectivity index (χ0v) is 20.9. The number of benzene rings is 2. The third-order valence-electron chi connectivity index (χ3n) is 5.59. The number of nitrogens with two attached hydrogens (primary N) is 1. The first kappa shape index (κ1) is 27.8. The summed E-state index contributed by atoms with van der Waals surface area (Å²) >= 11 is 6.02. The molecule has 0 radical (unpaired) electrons. The molecule has 3 rings (SSSR count). The number of aromatic amines is 1. The number of carbonyl (C=O) groups excluding carboxylic acids is 3. The van der Waals surface area contributed by atoms with Gasteiger partial charge in [-0.15, -0.1) is 5.10 Å². The number of rotatable bonds is 12. The highest BCUT2D eigenvalue weighted by molar-refractivity contribution is 6.30. The molecule has 10 nitrogen and oxygen atoms in total. The topological polar surface area (TPSA) is 152 Å². The molecule has 0 spiro atoms. The molecule has 0 fully saturated rings. The highest BCUT2D eigenvalue weighted by Gasteiger charge is 2.27. The van der Waals surface area contributed by atoms with Crippen LogP contribution in [0.15, 0.2) is 48.7 Å². The van der Waals surface area contributed by atoms with Gasteiger partial charge in [-0.2, -0.15) is 0 Å². The van der Waals surface area contributed by atoms with Gasteiger partial charge in [-0.3, -0.25) is 19.5 Å². The molecule has 196 valence electrons. The lowest BCUT2D eigenvalue weighted by Gasteiger charge is -2.24. The average molecular weight is 531 g/mol. The molecular weight excluding hydrogens is 503 g/mol. The maximum atomic E-state index is 14.3. The van der Waals surface area contributed by atoms with Crippen molar-refractivity contribution in [1.29, 1.82) is 0 Å². The van der Waals surface area contributed by atoms with Crippen molar-refractivity contribution in [3.63, 3.8) is 0 Å². The second-order valence-electron chi connectivity index (χ2n) is 8.26. The molecule has 1 heterocycles. The number of H-pyrrole nitrogens is 1. The quantitative estimate of drug-likeness (QED) is 0.262. The van der Waals surface area contributed by atoms with E-state index in [0.717, 1.165) is 5.56 Å². The number of aromatic nitrogens is 3. The monoisotopic (exact) mass is 530 g/mol. The fourth-order valence-corrected chi connectivity index (χ4v) is 3.94. The molecule has 1 aromatic heterocycles. The summed E-state index contributed by atoms with van der Waals surface area (Å²) in [4.78, 5) is 37.0. The van der Waals surface area contributed by atoms with Crippen LogP contribution in [-0.4, -0.2) is 58.9 Å². The van der Waals surface area contributed by atoms with E-state index in [2.05, 4.69) is 26.0 Å². The fourth-order valence-electron chi connectivity index (χ4n) is 3.76. The Bertz CT molecular complexity index is 1210. The lowest BCUT2D eigenvalue weighted by atomic mass is 9.93. The Balaban J connectivity index is 1.81. The predicted molar refractivity (Wildman–Crippen MR) is 135 cm³/mol. The van der Waals surface area contributed by atoms with Crippen LogP contribution in [0, 0.1) is 11.7 Å². The zero-order valence-electron chi connectivity index (χ0n) is 20.2. The lowest BCUT2D eigenvalue weighted by molar-refractivity contribution is -0.148. The van der Waals surface area contributed by atoms with Gasteiger partial charge in [0.2, 0.25) is 5.91 Å². The van der Waals surface area contributed by atoms with Crippen molar-refractivity contribution >= 4 is 29.4 Å². The van der Waals surface area contributed by atoms with Crippen LogP contribution in [0.4, 0.5) is 4.39 Å².